The van der Waals surface area contributed by atoms with E-state index in [4.69, 9.17) is 33.3 Å². The van der Waals surface area contributed by atoms with Crippen molar-refractivity contribution in [2.45, 2.75) is 0 Å². The van der Waals surface area contributed by atoms with Gasteiger partial charge < -0.3 is 9.52 Å². The minimum atomic E-state index is -1.10. The molecule has 0 unspecified atom stereocenters. The maximum Gasteiger partial charge on any atom is 0.335 e. The molecule has 2 aromatic rings. The number of hydrogen-bond donors (Lipinski definition) is 1. The standard InChI is InChI=1S/C18H13ClN2O5S/c1-20-15(22)12(16(23)21(2)18(20)27)8-10-4-6-14(26-10)11-7-9(17(24)25)3-5-13(11)19/h3-8H,1-2H3,(H,24,25). The molecule has 1 aromatic carbocycles. The summed E-state index contributed by atoms with van der Waals surface area (Å²) in [5.74, 6) is -1.61. The van der Waals surface area contributed by atoms with Gasteiger partial charge in [0.2, 0.25) is 0 Å². The molecule has 2 amide bonds. The Morgan fingerprint density at radius 2 is 1.78 bits per heavy atom. The largest absolute Gasteiger partial charge is 0.478 e. The van der Waals surface area contributed by atoms with Gasteiger partial charge in [-0.1, -0.05) is 11.6 Å². The number of carbonyl (C=O) groups excluding carboxylic acids is 2. The SMILES string of the molecule is CN1C(=O)C(=Cc2ccc(-c3cc(C(=O)O)ccc3Cl)o2)C(=O)N(C)C1=S. The number of benzene rings is 1. The van der Waals surface area contributed by atoms with Crippen LogP contribution in [0.25, 0.3) is 17.4 Å². The smallest absolute Gasteiger partial charge is 0.335 e. The van der Waals surface area contributed by atoms with Crippen LogP contribution in [0.3, 0.4) is 0 Å². The summed E-state index contributed by atoms with van der Waals surface area (Å²) in [7, 11) is 2.96. The van der Waals surface area contributed by atoms with Crippen LogP contribution in [0.15, 0.2) is 40.3 Å². The second-order valence-corrected chi connectivity index (χ2v) is 6.54. The third-order valence-corrected chi connectivity index (χ3v) is 4.91. The third kappa shape index (κ3) is 3.36. The number of amides is 2. The molecule has 1 aliphatic heterocycles. The number of carboxylic acid groups (broad SMARTS) is 1. The molecule has 9 heteroatoms. The van der Waals surface area contributed by atoms with E-state index < -0.39 is 17.8 Å². The fourth-order valence-electron chi connectivity index (χ4n) is 2.54. The Morgan fingerprint density at radius 3 is 2.37 bits per heavy atom. The van der Waals surface area contributed by atoms with E-state index in [1.807, 2.05) is 0 Å². The zero-order valence-corrected chi connectivity index (χ0v) is 15.8. The van der Waals surface area contributed by atoms with Crippen LogP contribution in [0, 0.1) is 0 Å². The molecular weight excluding hydrogens is 392 g/mol. The topological polar surface area (TPSA) is 91.1 Å². The maximum absolute atomic E-state index is 12.3. The first-order valence-corrected chi connectivity index (χ1v) is 8.44. The fraction of sp³-hybridized carbons (Fsp3) is 0.111. The molecule has 0 radical (unpaired) electrons. The summed E-state index contributed by atoms with van der Waals surface area (Å²) in [5, 5.41) is 9.54. The summed E-state index contributed by atoms with van der Waals surface area (Å²) >= 11 is 11.2. The monoisotopic (exact) mass is 404 g/mol. The molecule has 2 heterocycles. The van der Waals surface area contributed by atoms with Crippen LogP contribution in [0.2, 0.25) is 5.02 Å². The Kier molecular flexibility index (Phi) is 4.86. The van der Waals surface area contributed by atoms with Crippen molar-refractivity contribution in [1.29, 1.82) is 0 Å². The second kappa shape index (κ2) is 6.98. The molecule has 7 nitrogen and oxygen atoms in total. The van der Waals surface area contributed by atoms with E-state index in [9.17, 15) is 14.4 Å². The van der Waals surface area contributed by atoms with Gasteiger partial charge in [-0.3, -0.25) is 19.4 Å². The highest BCUT2D eigenvalue weighted by molar-refractivity contribution is 7.80. The van der Waals surface area contributed by atoms with E-state index in [-0.39, 0.29) is 22.0 Å². The summed E-state index contributed by atoms with van der Waals surface area (Å²) in [4.78, 5) is 38.2. The third-order valence-electron chi connectivity index (χ3n) is 4.04. The Labute approximate surface area is 164 Å². The molecule has 1 saturated heterocycles. The van der Waals surface area contributed by atoms with Gasteiger partial charge in [0, 0.05) is 19.7 Å². The van der Waals surface area contributed by atoms with Gasteiger partial charge in [0.1, 0.15) is 17.1 Å². The number of halogens is 1. The van der Waals surface area contributed by atoms with E-state index in [1.54, 1.807) is 12.1 Å². The van der Waals surface area contributed by atoms with Gasteiger partial charge in [0.25, 0.3) is 11.8 Å². The van der Waals surface area contributed by atoms with Gasteiger partial charge >= 0.3 is 5.97 Å². The molecule has 0 spiro atoms. The zero-order chi connectivity index (χ0) is 19.9. The lowest BCUT2D eigenvalue weighted by molar-refractivity contribution is -0.132. The predicted molar refractivity (Wildman–Crippen MR) is 102 cm³/mol. The van der Waals surface area contributed by atoms with Crippen molar-refractivity contribution in [3.63, 3.8) is 0 Å². The summed E-state index contributed by atoms with van der Waals surface area (Å²) in [6, 6.07) is 7.36. The number of nitrogens with zero attached hydrogens (tertiary/aromatic N) is 2. The van der Waals surface area contributed by atoms with Crippen molar-refractivity contribution in [2.75, 3.05) is 14.1 Å². The highest BCUT2D eigenvalue weighted by Crippen LogP contribution is 2.31. The van der Waals surface area contributed by atoms with Gasteiger partial charge in [0.15, 0.2) is 5.11 Å². The molecule has 138 valence electrons. The highest BCUT2D eigenvalue weighted by atomic mass is 35.5. The van der Waals surface area contributed by atoms with Crippen molar-refractivity contribution in [1.82, 2.24) is 9.80 Å². The Bertz CT molecular complexity index is 1000. The molecule has 1 N–H and O–H groups in total. The maximum atomic E-state index is 12.3. The molecule has 0 bridgehead atoms. The molecule has 27 heavy (non-hydrogen) atoms. The van der Waals surface area contributed by atoms with Crippen LogP contribution in [0.5, 0.6) is 0 Å². The highest BCUT2D eigenvalue weighted by Gasteiger charge is 2.35. The van der Waals surface area contributed by atoms with Crippen LogP contribution in [-0.4, -0.2) is 51.9 Å². The summed E-state index contributed by atoms with van der Waals surface area (Å²) in [6.45, 7) is 0. The number of carboxylic acids is 1. The summed E-state index contributed by atoms with van der Waals surface area (Å²) in [6.07, 6.45) is 1.32. The van der Waals surface area contributed by atoms with E-state index in [0.29, 0.717) is 16.3 Å². The van der Waals surface area contributed by atoms with Crippen LogP contribution < -0.4 is 0 Å². The number of carbonyl (C=O) groups is 3. The molecule has 0 saturated carbocycles. The number of hydrogen-bond acceptors (Lipinski definition) is 5. The summed E-state index contributed by atoms with van der Waals surface area (Å²) < 4.78 is 5.65. The Balaban J connectivity index is 1.99. The lowest BCUT2D eigenvalue weighted by Gasteiger charge is -2.31. The quantitative estimate of drug-likeness (QED) is 0.480. The van der Waals surface area contributed by atoms with E-state index in [0.717, 1.165) is 0 Å². The van der Waals surface area contributed by atoms with Crippen LogP contribution in [0.1, 0.15) is 16.1 Å². The molecule has 0 atom stereocenters. The number of rotatable bonds is 3. The Hall–Kier alpha value is -2.97. The molecule has 1 fully saturated rings. The first-order valence-electron chi connectivity index (χ1n) is 7.65. The summed E-state index contributed by atoms with van der Waals surface area (Å²) in [5.41, 5.74) is 0.345. The molecule has 3 rings (SSSR count). The normalized spacial score (nSPS) is 14.8. The number of furan rings is 1. The van der Waals surface area contributed by atoms with Crippen molar-refractivity contribution in [2.24, 2.45) is 0 Å². The molecule has 0 aliphatic carbocycles. The van der Waals surface area contributed by atoms with Crippen molar-refractivity contribution >= 4 is 52.8 Å². The number of likely N-dealkylation sites (N-methyl/N-ethyl adjacent to an activating group) is 2. The number of aromatic carboxylic acids is 1. The first-order chi connectivity index (χ1) is 12.7. The van der Waals surface area contributed by atoms with Crippen molar-refractivity contribution in [3.05, 3.63) is 52.3 Å². The van der Waals surface area contributed by atoms with Crippen LogP contribution in [-0.2, 0) is 9.59 Å². The average molecular weight is 405 g/mol. The van der Waals surface area contributed by atoms with E-state index in [1.165, 1.54) is 48.2 Å². The fourth-order valence-corrected chi connectivity index (χ4v) is 2.92. The van der Waals surface area contributed by atoms with E-state index >= 15 is 0 Å². The first kappa shape index (κ1) is 18.8. The van der Waals surface area contributed by atoms with Gasteiger partial charge in [0.05, 0.1) is 10.6 Å². The van der Waals surface area contributed by atoms with Crippen LogP contribution in [0.4, 0.5) is 0 Å². The predicted octanol–water partition coefficient (Wildman–Crippen LogP) is 2.90. The zero-order valence-electron chi connectivity index (χ0n) is 14.2. The molecule has 1 aromatic heterocycles. The van der Waals surface area contributed by atoms with Crippen molar-refractivity contribution in [3.8, 4) is 11.3 Å². The lowest BCUT2D eigenvalue weighted by Crippen LogP contribution is -2.52. The Morgan fingerprint density at radius 1 is 1.15 bits per heavy atom. The van der Waals surface area contributed by atoms with Crippen molar-refractivity contribution < 1.29 is 23.9 Å². The minimum Gasteiger partial charge on any atom is -0.478 e. The van der Waals surface area contributed by atoms with Gasteiger partial charge in [-0.05, 0) is 48.6 Å². The second-order valence-electron chi connectivity index (χ2n) is 5.77. The number of thiocarbonyl (C=S) groups is 1. The molecular formula is C18H13ClN2O5S. The van der Waals surface area contributed by atoms with Gasteiger partial charge in [-0.15, -0.1) is 0 Å². The van der Waals surface area contributed by atoms with Gasteiger partial charge in [-0.25, -0.2) is 4.79 Å². The average Bonchev–Trinajstić information content (AvgIpc) is 3.10. The minimum absolute atomic E-state index is 0.0557. The molecule has 1 aliphatic rings. The van der Waals surface area contributed by atoms with E-state index in [2.05, 4.69) is 0 Å². The van der Waals surface area contributed by atoms with Crippen LogP contribution >= 0.6 is 23.8 Å². The van der Waals surface area contributed by atoms with Gasteiger partial charge in [-0.2, -0.15) is 0 Å². The lowest BCUT2D eigenvalue weighted by atomic mass is 10.1.